The third kappa shape index (κ3) is 3.73. The summed E-state index contributed by atoms with van der Waals surface area (Å²) < 4.78 is 5.20. The summed E-state index contributed by atoms with van der Waals surface area (Å²) in [4.78, 5) is 13.8. The van der Waals surface area contributed by atoms with Gasteiger partial charge in [0.25, 0.3) is 0 Å². The quantitative estimate of drug-likeness (QED) is 0.689. The van der Waals surface area contributed by atoms with Gasteiger partial charge in [0.1, 0.15) is 0 Å². The average molecular weight is 230 g/mol. The molecule has 0 radical (unpaired) electrons. The maximum atomic E-state index is 12.0. The van der Waals surface area contributed by atoms with E-state index in [4.69, 9.17) is 9.84 Å². The SMILES string of the molecule is CC(NC(C)(C)CO)C(=O)N1CCOCC1. The Morgan fingerprint density at radius 3 is 2.56 bits per heavy atom. The van der Waals surface area contributed by atoms with Gasteiger partial charge in [-0.1, -0.05) is 0 Å². The lowest BCUT2D eigenvalue weighted by Gasteiger charge is -2.33. The lowest BCUT2D eigenvalue weighted by atomic mass is 10.1. The van der Waals surface area contributed by atoms with Gasteiger partial charge in [-0.05, 0) is 20.8 Å². The van der Waals surface area contributed by atoms with Crippen molar-refractivity contribution in [1.82, 2.24) is 10.2 Å². The van der Waals surface area contributed by atoms with Crippen molar-refractivity contribution < 1.29 is 14.6 Å². The zero-order valence-corrected chi connectivity index (χ0v) is 10.3. The number of ether oxygens (including phenoxy) is 1. The Labute approximate surface area is 96.8 Å². The molecule has 1 aliphatic heterocycles. The fraction of sp³-hybridized carbons (Fsp3) is 0.909. The van der Waals surface area contributed by atoms with Crippen LogP contribution in [0.15, 0.2) is 0 Å². The summed E-state index contributed by atoms with van der Waals surface area (Å²) in [5, 5.41) is 12.2. The van der Waals surface area contributed by atoms with E-state index < -0.39 is 5.54 Å². The number of morpholine rings is 1. The van der Waals surface area contributed by atoms with Crippen molar-refractivity contribution >= 4 is 5.91 Å². The molecule has 0 spiro atoms. The number of carbonyl (C=O) groups is 1. The number of amides is 1. The Morgan fingerprint density at radius 2 is 2.06 bits per heavy atom. The van der Waals surface area contributed by atoms with Gasteiger partial charge in [-0.2, -0.15) is 0 Å². The molecule has 5 nitrogen and oxygen atoms in total. The molecule has 0 aromatic heterocycles. The van der Waals surface area contributed by atoms with Crippen LogP contribution in [0.25, 0.3) is 0 Å². The van der Waals surface area contributed by atoms with Gasteiger partial charge in [-0.3, -0.25) is 10.1 Å². The molecule has 1 amide bonds. The first kappa shape index (κ1) is 13.4. The molecule has 1 aliphatic rings. The second-order valence-electron chi connectivity index (χ2n) is 4.85. The van der Waals surface area contributed by atoms with Gasteiger partial charge in [0.15, 0.2) is 0 Å². The molecule has 1 heterocycles. The van der Waals surface area contributed by atoms with Crippen molar-refractivity contribution in [2.24, 2.45) is 0 Å². The van der Waals surface area contributed by atoms with Gasteiger partial charge >= 0.3 is 0 Å². The Bertz CT molecular complexity index is 237. The van der Waals surface area contributed by atoms with E-state index in [1.807, 2.05) is 20.8 Å². The van der Waals surface area contributed by atoms with Crippen LogP contribution in [0.5, 0.6) is 0 Å². The topological polar surface area (TPSA) is 61.8 Å². The van der Waals surface area contributed by atoms with E-state index in [9.17, 15) is 4.79 Å². The minimum atomic E-state index is -0.429. The van der Waals surface area contributed by atoms with E-state index in [0.717, 1.165) is 0 Å². The summed E-state index contributed by atoms with van der Waals surface area (Å²) in [7, 11) is 0. The molecule has 1 fully saturated rings. The zero-order valence-electron chi connectivity index (χ0n) is 10.3. The predicted molar refractivity (Wildman–Crippen MR) is 61.2 cm³/mol. The first-order valence-electron chi connectivity index (χ1n) is 5.71. The van der Waals surface area contributed by atoms with E-state index in [1.54, 1.807) is 4.90 Å². The molecule has 1 rings (SSSR count). The van der Waals surface area contributed by atoms with Gasteiger partial charge in [0, 0.05) is 18.6 Å². The van der Waals surface area contributed by atoms with Gasteiger partial charge in [-0.15, -0.1) is 0 Å². The Kier molecular flexibility index (Phi) is 4.70. The number of hydrogen-bond donors (Lipinski definition) is 2. The number of aliphatic hydroxyl groups excluding tert-OH is 1. The van der Waals surface area contributed by atoms with Crippen molar-refractivity contribution in [2.45, 2.75) is 32.4 Å². The standard InChI is InChI=1S/C11H22N2O3/c1-9(12-11(2,3)8-14)10(15)13-4-6-16-7-5-13/h9,12,14H,4-8H2,1-3H3. The molecule has 5 heteroatoms. The molecule has 94 valence electrons. The molecule has 0 aromatic rings. The lowest BCUT2D eigenvalue weighted by molar-refractivity contribution is -0.137. The number of nitrogens with one attached hydrogen (secondary N) is 1. The van der Waals surface area contributed by atoms with Gasteiger partial charge < -0.3 is 14.7 Å². The monoisotopic (exact) mass is 230 g/mol. The minimum absolute atomic E-state index is 0.00767. The molecule has 0 bridgehead atoms. The third-order valence-corrected chi connectivity index (χ3v) is 2.70. The van der Waals surface area contributed by atoms with Crippen molar-refractivity contribution in [3.8, 4) is 0 Å². The lowest BCUT2D eigenvalue weighted by Crippen LogP contribution is -2.55. The number of nitrogens with zero attached hydrogens (tertiary/aromatic N) is 1. The molecule has 0 saturated carbocycles. The summed E-state index contributed by atoms with van der Waals surface area (Å²) in [6.07, 6.45) is 0. The predicted octanol–water partition coefficient (Wildman–Crippen LogP) is -0.406. The first-order valence-corrected chi connectivity index (χ1v) is 5.71. The van der Waals surface area contributed by atoms with Crippen LogP contribution >= 0.6 is 0 Å². The second-order valence-corrected chi connectivity index (χ2v) is 4.85. The van der Waals surface area contributed by atoms with E-state index in [0.29, 0.717) is 26.3 Å². The minimum Gasteiger partial charge on any atom is -0.394 e. The molecule has 1 atom stereocenters. The van der Waals surface area contributed by atoms with Crippen molar-refractivity contribution in [2.75, 3.05) is 32.9 Å². The molecule has 0 aromatic carbocycles. The van der Waals surface area contributed by atoms with Crippen LogP contribution in [-0.4, -0.2) is 60.4 Å². The largest absolute Gasteiger partial charge is 0.394 e. The average Bonchev–Trinajstić information content (AvgIpc) is 2.28. The number of carbonyl (C=O) groups excluding carboxylic acids is 1. The smallest absolute Gasteiger partial charge is 0.239 e. The summed E-state index contributed by atoms with van der Waals surface area (Å²) in [5.41, 5.74) is -0.429. The van der Waals surface area contributed by atoms with Crippen LogP contribution in [0.4, 0.5) is 0 Å². The highest BCUT2D eigenvalue weighted by molar-refractivity contribution is 5.81. The van der Waals surface area contributed by atoms with Crippen LogP contribution in [0.1, 0.15) is 20.8 Å². The second kappa shape index (κ2) is 5.61. The molecular weight excluding hydrogens is 208 g/mol. The van der Waals surface area contributed by atoms with Crippen molar-refractivity contribution in [1.29, 1.82) is 0 Å². The third-order valence-electron chi connectivity index (χ3n) is 2.70. The van der Waals surface area contributed by atoms with Gasteiger partial charge in [0.2, 0.25) is 5.91 Å². The molecule has 16 heavy (non-hydrogen) atoms. The Balaban J connectivity index is 2.46. The highest BCUT2D eigenvalue weighted by atomic mass is 16.5. The Morgan fingerprint density at radius 1 is 1.50 bits per heavy atom. The summed E-state index contributed by atoms with van der Waals surface area (Å²) in [6.45, 7) is 8.12. The molecule has 0 aliphatic carbocycles. The fourth-order valence-electron chi connectivity index (χ4n) is 1.75. The number of hydrogen-bond acceptors (Lipinski definition) is 4. The van der Waals surface area contributed by atoms with E-state index >= 15 is 0 Å². The van der Waals surface area contributed by atoms with Crippen LogP contribution in [0.3, 0.4) is 0 Å². The van der Waals surface area contributed by atoms with Crippen LogP contribution < -0.4 is 5.32 Å². The van der Waals surface area contributed by atoms with Gasteiger partial charge in [0.05, 0.1) is 25.9 Å². The highest BCUT2D eigenvalue weighted by Gasteiger charge is 2.27. The van der Waals surface area contributed by atoms with E-state index in [-0.39, 0.29) is 18.6 Å². The maximum Gasteiger partial charge on any atom is 0.239 e. The van der Waals surface area contributed by atoms with E-state index in [1.165, 1.54) is 0 Å². The van der Waals surface area contributed by atoms with Crippen LogP contribution in [-0.2, 0) is 9.53 Å². The van der Waals surface area contributed by atoms with Crippen LogP contribution in [0, 0.1) is 0 Å². The van der Waals surface area contributed by atoms with Crippen molar-refractivity contribution in [3.63, 3.8) is 0 Å². The number of aliphatic hydroxyl groups is 1. The number of rotatable bonds is 4. The van der Waals surface area contributed by atoms with Gasteiger partial charge in [-0.25, -0.2) is 0 Å². The van der Waals surface area contributed by atoms with E-state index in [2.05, 4.69) is 5.32 Å². The van der Waals surface area contributed by atoms with Crippen LogP contribution in [0.2, 0.25) is 0 Å². The summed E-state index contributed by atoms with van der Waals surface area (Å²) in [5.74, 6) is 0.0739. The summed E-state index contributed by atoms with van der Waals surface area (Å²) >= 11 is 0. The molecular formula is C11H22N2O3. The fourth-order valence-corrected chi connectivity index (χ4v) is 1.75. The highest BCUT2D eigenvalue weighted by Crippen LogP contribution is 2.06. The Hall–Kier alpha value is -0.650. The summed E-state index contributed by atoms with van der Waals surface area (Å²) in [6, 6.07) is -0.278. The molecule has 2 N–H and O–H groups in total. The maximum absolute atomic E-state index is 12.0. The molecule has 1 unspecified atom stereocenters. The normalized spacial score (nSPS) is 19.6. The first-order chi connectivity index (χ1) is 7.46. The molecule has 1 saturated heterocycles. The van der Waals surface area contributed by atoms with Crippen molar-refractivity contribution in [3.05, 3.63) is 0 Å². The zero-order chi connectivity index (χ0) is 12.2.